The predicted molar refractivity (Wildman–Crippen MR) is 77.5 cm³/mol. The summed E-state index contributed by atoms with van der Waals surface area (Å²) in [5, 5.41) is 0.561. The maximum Gasteiger partial charge on any atom is 0.228 e. The minimum Gasteiger partial charge on any atom is -0.436 e. The van der Waals surface area contributed by atoms with Gasteiger partial charge in [0.25, 0.3) is 0 Å². The lowest BCUT2D eigenvalue weighted by Crippen LogP contribution is -1.80. The van der Waals surface area contributed by atoms with Crippen molar-refractivity contribution in [2.75, 3.05) is 0 Å². The SMILES string of the molecule is O=Cc1ccc2oc(-c3cc(Br)ccc3Cl)nc2c1. The molecule has 0 spiro atoms. The first-order valence-electron chi connectivity index (χ1n) is 5.48. The fourth-order valence-electron chi connectivity index (χ4n) is 1.79. The molecule has 0 bridgehead atoms. The summed E-state index contributed by atoms with van der Waals surface area (Å²) in [5.41, 5.74) is 2.53. The molecule has 1 heterocycles. The topological polar surface area (TPSA) is 43.1 Å². The number of carbonyl (C=O) groups excluding carboxylic acids is 1. The molecule has 5 heteroatoms. The van der Waals surface area contributed by atoms with Crippen molar-refractivity contribution in [1.29, 1.82) is 0 Å². The molecule has 3 aromatic rings. The number of halogens is 2. The smallest absolute Gasteiger partial charge is 0.228 e. The van der Waals surface area contributed by atoms with Gasteiger partial charge >= 0.3 is 0 Å². The van der Waals surface area contributed by atoms with Gasteiger partial charge in [-0.2, -0.15) is 0 Å². The maximum atomic E-state index is 10.7. The third-order valence-corrected chi connectivity index (χ3v) is 3.53. The zero-order chi connectivity index (χ0) is 13.4. The predicted octanol–water partition coefficient (Wildman–Crippen LogP) is 4.72. The highest BCUT2D eigenvalue weighted by atomic mass is 79.9. The van der Waals surface area contributed by atoms with Crippen LogP contribution >= 0.6 is 27.5 Å². The molecule has 0 saturated carbocycles. The van der Waals surface area contributed by atoms with Gasteiger partial charge in [-0.25, -0.2) is 4.98 Å². The fourth-order valence-corrected chi connectivity index (χ4v) is 2.35. The molecule has 0 atom stereocenters. The second kappa shape index (κ2) is 4.79. The average Bonchev–Trinajstić information content (AvgIpc) is 2.83. The van der Waals surface area contributed by atoms with Crippen LogP contribution < -0.4 is 0 Å². The molecule has 0 aliphatic heterocycles. The Kier molecular flexibility index (Phi) is 3.12. The van der Waals surface area contributed by atoms with Crippen LogP contribution in [0.5, 0.6) is 0 Å². The summed E-state index contributed by atoms with van der Waals surface area (Å²) >= 11 is 9.53. The van der Waals surface area contributed by atoms with Crippen molar-refractivity contribution in [2.45, 2.75) is 0 Å². The Bertz CT molecular complexity index is 782. The van der Waals surface area contributed by atoms with Crippen molar-refractivity contribution in [2.24, 2.45) is 0 Å². The summed E-state index contributed by atoms with van der Waals surface area (Å²) in [7, 11) is 0. The molecular weight excluding hydrogens is 330 g/mol. The van der Waals surface area contributed by atoms with Gasteiger partial charge in [-0.15, -0.1) is 0 Å². The number of aromatic nitrogens is 1. The summed E-state index contributed by atoms with van der Waals surface area (Å²) in [6.45, 7) is 0. The molecule has 0 aliphatic rings. The van der Waals surface area contributed by atoms with Gasteiger partial charge in [0.2, 0.25) is 5.89 Å². The third kappa shape index (κ3) is 2.29. The number of hydrogen-bond donors (Lipinski definition) is 0. The Balaban J connectivity index is 2.20. The normalized spacial score (nSPS) is 10.8. The van der Waals surface area contributed by atoms with Crippen molar-refractivity contribution in [3.05, 3.63) is 51.5 Å². The van der Waals surface area contributed by atoms with Crippen LogP contribution in [-0.4, -0.2) is 11.3 Å². The van der Waals surface area contributed by atoms with Gasteiger partial charge in [-0.05, 0) is 36.4 Å². The van der Waals surface area contributed by atoms with Gasteiger partial charge in [0.05, 0.1) is 10.6 Å². The monoisotopic (exact) mass is 335 g/mol. The number of carbonyl (C=O) groups is 1. The lowest BCUT2D eigenvalue weighted by atomic mass is 10.2. The molecule has 94 valence electrons. The largest absolute Gasteiger partial charge is 0.436 e. The van der Waals surface area contributed by atoms with Crippen LogP contribution in [0, 0.1) is 0 Å². The second-order valence-corrected chi connectivity index (χ2v) is 5.31. The van der Waals surface area contributed by atoms with Crippen molar-refractivity contribution in [1.82, 2.24) is 4.98 Å². The molecule has 3 nitrogen and oxygen atoms in total. The van der Waals surface area contributed by atoms with Gasteiger partial charge in [0, 0.05) is 10.0 Å². The Hall–Kier alpha value is -1.65. The minimum absolute atomic E-state index is 0.435. The van der Waals surface area contributed by atoms with Crippen molar-refractivity contribution in [3.63, 3.8) is 0 Å². The van der Waals surface area contributed by atoms with Crippen molar-refractivity contribution >= 4 is 44.9 Å². The summed E-state index contributed by atoms with van der Waals surface area (Å²) in [4.78, 5) is 15.1. The number of nitrogens with zero attached hydrogens (tertiary/aromatic N) is 1. The van der Waals surface area contributed by atoms with Crippen LogP contribution in [0.2, 0.25) is 5.02 Å². The van der Waals surface area contributed by atoms with Gasteiger partial charge in [0.15, 0.2) is 5.58 Å². The van der Waals surface area contributed by atoms with E-state index in [1.165, 1.54) is 0 Å². The minimum atomic E-state index is 0.435. The van der Waals surface area contributed by atoms with Crippen LogP contribution in [-0.2, 0) is 0 Å². The van der Waals surface area contributed by atoms with Gasteiger partial charge < -0.3 is 4.42 Å². The first-order chi connectivity index (χ1) is 9.17. The van der Waals surface area contributed by atoms with Gasteiger partial charge in [-0.1, -0.05) is 27.5 Å². The highest BCUT2D eigenvalue weighted by molar-refractivity contribution is 9.10. The van der Waals surface area contributed by atoms with Crippen LogP contribution in [0.4, 0.5) is 0 Å². The Labute approximate surface area is 122 Å². The zero-order valence-electron chi connectivity index (χ0n) is 9.56. The van der Waals surface area contributed by atoms with E-state index in [9.17, 15) is 4.79 Å². The van der Waals surface area contributed by atoms with E-state index in [1.807, 2.05) is 12.1 Å². The summed E-state index contributed by atoms with van der Waals surface area (Å²) in [6.07, 6.45) is 0.778. The van der Waals surface area contributed by atoms with Gasteiger partial charge in [-0.3, -0.25) is 4.79 Å². The molecule has 0 N–H and O–H groups in total. The quantitative estimate of drug-likeness (QED) is 0.636. The molecule has 1 aromatic heterocycles. The molecular formula is C14H7BrClNO2. The van der Waals surface area contributed by atoms with Crippen molar-refractivity contribution < 1.29 is 9.21 Å². The van der Waals surface area contributed by atoms with E-state index in [0.717, 1.165) is 10.8 Å². The number of aldehydes is 1. The lowest BCUT2D eigenvalue weighted by molar-refractivity contribution is 0.112. The van der Waals surface area contributed by atoms with E-state index >= 15 is 0 Å². The number of fused-ring (bicyclic) bond motifs is 1. The molecule has 0 saturated heterocycles. The Morgan fingerprint density at radius 2 is 2.05 bits per heavy atom. The molecule has 2 aromatic carbocycles. The van der Waals surface area contributed by atoms with E-state index in [-0.39, 0.29) is 0 Å². The molecule has 0 amide bonds. The Morgan fingerprint density at radius 3 is 2.84 bits per heavy atom. The van der Waals surface area contributed by atoms with E-state index in [1.54, 1.807) is 24.3 Å². The molecule has 0 aliphatic carbocycles. The lowest BCUT2D eigenvalue weighted by Gasteiger charge is -1.99. The second-order valence-electron chi connectivity index (χ2n) is 3.99. The van der Waals surface area contributed by atoms with Crippen molar-refractivity contribution in [3.8, 4) is 11.5 Å². The summed E-state index contributed by atoms with van der Waals surface area (Å²) < 4.78 is 6.55. The third-order valence-electron chi connectivity index (χ3n) is 2.71. The van der Waals surface area contributed by atoms with E-state index in [2.05, 4.69) is 20.9 Å². The average molecular weight is 337 g/mol. The highest BCUT2D eigenvalue weighted by Crippen LogP contribution is 2.32. The van der Waals surface area contributed by atoms with Gasteiger partial charge in [0.1, 0.15) is 11.8 Å². The van der Waals surface area contributed by atoms with Crippen LogP contribution in [0.1, 0.15) is 10.4 Å². The van der Waals surface area contributed by atoms with Crippen LogP contribution in [0.3, 0.4) is 0 Å². The Morgan fingerprint density at radius 1 is 1.21 bits per heavy atom. The van der Waals surface area contributed by atoms with E-state index in [0.29, 0.717) is 33.1 Å². The number of oxazole rings is 1. The number of benzene rings is 2. The summed E-state index contributed by atoms with van der Waals surface area (Å²) in [5.74, 6) is 0.435. The first kappa shape index (κ1) is 12.4. The molecule has 0 radical (unpaired) electrons. The molecule has 0 unspecified atom stereocenters. The number of rotatable bonds is 2. The first-order valence-corrected chi connectivity index (χ1v) is 6.65. The standard InChI is InChI=1S/C14H7BrClNO2/c15-9-2-3-11(16)10(6-9)14-17-12-5-8(7-18)1-4-13(12)19-14/h1-7H. The molecule has 19 heavy (non-hydrogen) atoms. The maximum absolute atomic E-state index is 10.7. The van der Waals surface area contributed by atoms with E-state index in [4.69, 9.17) is 16.0 Å². The van der Waals surface area contributed by atoms with Crippen LogP contribution in [0.25, 0.3) is 22.6 Å². The highest BCUT2D eigenvalue weighted by Gasteiger charge is 2.12. The number of hydrogen-bond acceptors (Lipinski definition) is 3. The molecule has 3 rings (SSSR count). The van der Waals surface area contributed by atoms with Crippen LogP contribution in [0.15, 0.2) is 45.3 Å². The fraction of sp³-hybridized carbons (Fsp3) is 0. The van der Waals surface area contributed by atoms with E-state index < -0.39 is 0 Å². The zero-order valence-corrected chi connectivity index (χ0v) is 11.9. The molecule has 0 fully saturated rings. The summed E-state index contributed by atoms with van der Waals surface area (Å²) in [6, 6.07) is 10.6.